The zero-order valence-corrected chi connectivity index (χ0v) is 12.5. The van der Waals surface area contributed by atoms with Crippen molar-refractivity contribution in [1.82, 2.24) is 4.90 Å². The van der Waals surface area contributed by atoms with Crippen LogP contribution >= 0.6 is 0 Å². The Balaban J connectivity index is 2.92. The van der Waals surface area contributed by atoms with Crippen molar-refractivity contribution in [2.24, 2.45) is 0 Å². The number of para-hydroxylation sites is 1. The number of hydrogen-bond acceptors (Lipinski definition) is 4. The molecule has 20 heavy (non-hydrogen) atoms. The van der Waals surface area contributed by atoms with E-state index in [1.807, 2.05) is 37.8 Å². The van der Waals surface area contributed by atoms with Crippen molar-refractivity contribution >= 4 is 5.97 Å². The number of phenols is 1. The van der Waals surface area contributed by atoms with E-state index in [0.29, 0.717) is 18.8 Å². The molecule has 0 spiro atoms. The average Bonchev–Trinajstić information content (AvgIpc) is 2.34. The van der Waals surface area contributed by atoms with Gasteiger partial charge in [-0.1, -0.05) is 12.1 Å². The van der Waals surface area contributed by atoms with Gasteiger partial charge in [0.1, 0.15) is 0 Å². The van der Waals surface area contributed by atoms with Gasteiger partial charge in [-0.3, -0.25) is 9.69 Å². The minimum absolute atomic E-state index is 0.0714. The minimum Gasteiger partial charge on any atom is -0.504 e. The number of aliphatic carboxylic acids is 1. The molecule has 5 heteroatoms. The largest absolute Gasteiger partial charge is 0.504 e. The molecule has 0 bridgehead atoms. The van der Waals surface area contributed by atoms with E-state index in [1.165, 1.54) is 7.11 Å². The number of aromatic hydroxyl groups is 1. The summed E-state index contributed by atoms with van der Waals surface area (Å²) in [5.74, 6) is -0.289. The summed E-state index contributed by atoms with van der Waals surface area (Å²) in [5, 5.41) is 18.9. The molecule has 0 radical (unpaired) electrons. The molecule has 0 atom stereocenters. The molecule has 0 aliphatic rings. The molecule has 0 saturated heterocycles. The number of phenolic OH excluding ortho intramolecular Hbond substituents is 1. The molecule has 0 unspecified atom stereocenters. The fourth-order valence-corrected chi connectivity index (χ4v) is 1.95. The first-order valence-electron chi connectivity index (χ1n) is 6.57. The molecule has 0 aromatic heterocycles. The summed E-state index contributed by atoms with van der Waals surface area (Å²) in [7, 11) is 1.50. The van der Waals surface area contributed by atoms with Gasteiger partial charge in [0.2, 0.25) is 0 Å². The first kappa shape index (κ1) is 16.3. The van der Waals surface area contributed by atoms with Crippen LogP contribution in [0.15, 0.2) is 18.2 Å². The monoisotopic (exact) mass is 281 g/mol. The van der Waals surface area contributed by atoms with Gasteiger partial charge in [-0.2, -0.15) is 0 Å². The van der Waals surface area contributed by atoms with Crippen molar-refractivity contribution in [2.45, 2.75) is 39.3 Å². The van der Waals surface area contributed by atoms with E-state index in [9.17, 15) is 9.90 Å². The Morgan fingerprint density at radius 3 is 2.50 bits per heavy atom. The van der Waals surface area contributed by atoms with E-state index in [4.69, 9.17) is 9.84 Å². The number of carboxylic acid groups (broad SMARTS) is 1. The molecule has 0 fully saturated rings. The fraction of sp³-hybridized carbons (Fsp3) is 0.533. The van der Waals surface area contributed by atoms with Crippen LogP contribution < -0.4 is 4.74 Å². The Morgan fingerprint density at radius 1 is 1.35 bits per heavy atom. The van der Waals surface area contributed by atoms with Gasteiger partial charge in [0.25, 0.3) is 0 Å². The molecule has 0 aliphatic heterocycles. The highest BCUT2D eigenvalue weighted by Gasteiger charge is 2.23. The molecule has 2 N–H and O–H groups in total. The molecule has 0 saturated carbocycles. The van der Waals surface area contributed by atoms with Crippen molar-refractivity contribution in [3.05, 3.63) is 23.8 Å². The molecule has 112 valence electrons. The van der Waals surface area contributed by atoms with E-state index >= 15 is 0 Å². The Kier molecular flexibility index (Phi) is 5.39. The van der Waals surface area contributed by atoms with Crippen LogP contribution in [-0.2, 0) is 11.3 Å². The van der Waals surface area contributed by atoms with Crippen molar-refractivity contribution in [3.63, 3.8) is 0 Å². The van der Waals surface area contributed by atoms with E-state index in [-0.39, 0.29) is 17.7 Å². The van der Waals surface area contributed by atoms with Crippen LogP contribution in [0.2, 0.25) is 0 Å². The lowest BCUT2D eigenvalue weighted by atomic mass is 10.0. The van der Waals surface area contributed by atoms with Crippen LogP contribution in [0.5, 0.6) is 11.5 Å². The zero-order valence-electron chi connectivity index (χ0n) is 12.5. The predicted octanol–water partition coefficient (Wildman–Crippen LogP) is 2.48. The number of nitrogens with zero attached hydrogens (tertiary/aromatic N) is 1. The minimum atomic E-state index is -0.825. The highest BCUT2D eigenvalue weighted by atomic mass is 16.5. The Hall–Kier alpha value is -1.75. The summed E-state index contributed by atoms with van der Waals surface area (Å²) in [6.45, 7) is 6.96. The molecule has 1 aromatic carbocycles. The highest BCUT2D eigenvalue weighted by molar-refractivity contribution is 5.66. The maximum absolute atomic E-state index is 10.8. The number of ether oxygens (including phenoxy) is 1. The fourth-order valence-electron chi connectivity index (χ4n) is 1.95. The van der Waals surface area contributed by atoms with Gasteiger partial charge < -0.3 is 14.9 Å². The SMILES string of the molecule is COc1cccc(CN(CCC(=O)O)C(C)(C)C)c1O. The molecule has 0 heterocycles. The average molecular weight is 281 g/mol. The Morgan fingerprint density at radius 2 is 2.00 bits per heavy atom. The van der Waals surface area contributed by atoms with E-state index in [2.05, 4.69) is 0 Å². The Bertz CT molecular complexity index is 465. The predicted molar refractivity (Wildman–Crippen MR) is 77.1 cm³/mol. The molecular weight excluding hydrogens is 258 g/mol. The van der Waals surface area contributed by atoms with Crippen molar-refractivity contribution in [1.29, 1.82) is 0 Å². The topological polar surface area (TPSA) is 70.0 Å². The maximum atomic E-state index is 10.8. The van der Waals surface area contributed by atoms with Gasteiger partial charge in [-0.25, -0.2) is 0 Å². The smallest absolute Gasteiger partial charge is 0.304 e. The standard InChI is InChI=1S/C15H23NO4/c1-15(2,3)16(9-8-13(17)18)10-11-6-5-7-12(20-4)14(11)19/h5-7,19H,8-10H2,1-4H3,(H,17,18). The van der Waals surface area contributed by atoms with Crippen LogP contribution in [0, 0.1) is 0 Å². The summed E-state index contributed by atoms with van der Waals surface area (Å²) >= 11 is 0. The lowest BCUT2D eigenvalue weighted by Gasteiger charge is -2.35. The van der Waals surface area contributed by atoms with Crippen LogP contribution in [0.3, 0.4) is 0 Å². The van der Waals surface area contributed by atoms with Crippen molar-refractivity contribution in [2.75, 3.05) is 13.7 Å². The van der Waals surface area contributed by atoms with Crippen LogP contribution in [0.1, 0.15) is 32.8 Å². The number of rotatable bonds is 6. The van der Waals surface area contributed by atoms with Crippen LogP contribution in [-0.4, -0.2) is 40.3 Å². The normalized spacial score (nSPS) is 11.7. The number of carboxylic acids is 1. The highest BCUT2D eigenvalue weighted by Crippen LogP contribution is 2.31. The van der Waals surface area contributed by atoms with Crippen LogP contribution in [0.25, 0.3) is 0 Å². The lowest BCUT2D eigenvalue weighted by Crippen LogP contribution is -2.42. The molecule has 1 aromatic rings. The second kappa shape index (κ2) is 6.61. The first-order chi connectivity index (χ1) is 9.25. The summed E-state index contributed by atoms with van der Waals surface area (Å²) in [6.07, 6.45) is 0.0714. The van der Waals surface area contributed by atoms with Crippen LogP contribution in [0.4, 0.5) is 0 Å². The van der Waals surface area contributed by atoms with Gasteiger partial charge >= 0.3 is 5.97 Å². The van der Waals surface area contributed by atoms with Crippen molar-refractivity contribution in [3.8, 4) is 11.5 Å². The second-order valence-electron chi connectivity index (χ2n) is 5.70. The lowest BCUT2D eigenvalue weighted by molar-refractivity contribution is -0.137. The summed E-state index contributed by atoms with van der Waals surface area (Å²) in [4.78, 5) is 12.8. The van der Waals surface area contributed by atoms with Gasteiger partial charge in [0.05, 0.1) is 13.5 Å². The summed E-state index contributed by atoms with van der Waals surface area (Å²) in [6, 6.07) is 5.32. The van der Waals surface area contributed by atoms with E-state index < -0.39 is 5.97 Å². The third kappa shape index (κ3) is 4.42. The molecule has 0 aliphatic carbocycles. The number of benzene rings is 1. The molecule has 0 amide bonds. The zero-order chi connectivity index (χ0) is 15.3. The quantitative estimate of drug-likeness (QED) is 0.838. The van der Waals surface area contributed by atoms with Gasteiger partial charge in [-0.05, 0) is 26.8 Å². The van der Waals surface area contributed by atoms with Gasteiger partial charge in [0, 0.05) is 24.2 Å². The van der Waals surface area contributed by atoms with Gasteiger partial charge in [0.15, 0.2) is 11.5 Å². The second-order valence-corrected chi connectivity index (χ2v) is 5.70. The third-order valence-electron chi connectivity index (χ3n) is 3.21. The maximum Gasteiger partial charge on any atom is 0.304 e. The molecule has 5 nitrogen and oxygen atoms in total. The van der Waals surface area contributed by atoms with E-state index in [0.717, 1.165) is 5.56 Å². The molecular formula is C15H23NO4. The third-order valence-corrected chi connectivity index (χ3v) is 3.21. The van der Waals surface area contributed by atoms with Gasteiger partial charge in [-0.15, -0.1) is 0 Å². The number of hydrogen-bond donors (Lipinski definition) is 2. The van der Waals surface area contributed by atoms with E-state index in [1.54, 1.807) is 6.07 Å². The number of methoxy groups -OCH3 is 1. The first-order valence-corrected chi connectivity index (χ1v) is 6.57. The summed E-state index contributed by atoms with van der Waals surface area (Å²) in [5.41, 5.74) is 0.537. The summed E-state index contributed by atoms with van der Waals surface area (Å²) < 4.78 is 5.09. The number of carbonyl (C=O) groups is 1. The van der Waals surface area contributed by atoms with Crippen molar-refractivity contribution < 1.29 is 19.7 Å². The Labute approximate surface area is 119 Å². The molecule has 1 rings (SSSR count).